The van der Waals surface area contributed by atoms with Gasteiger partial charge in [-0.2, -0.15) is 0 Å². The van der Waals surface area contributed by atoms with Gasteiger partial charge in [0.15, 0.2) is 17.3 Å². The van der Waals surface area contributed by atoms with Crippen molar-refractivity contribution in [1.29, 1.82) is 0 Å². The number of benzene rings is 1. The van der Waals surface area contributed by atoms with Crippen LogP contribution in [0.5, 0.6) is 11.5 Å². The van der Waals surface area contributed by atoms with Crippen molar-refractivity contribution in [2.45, 2.75) is 13.8 Å². The molecular formula is C16H17NO5. The lowest BCUT2D eigenvalue weighted by Gasteiger charge is -2.06. The highest BCUT2D eigenvalue weighted by molar-refractivity contribution is 6.22. The fourth-order valence-electron chi connectivity index (χ4n) is 2.11. The Morgan fingerprint density at radius 3 is 2.73 bits per heavy atom. The first-order valence-electron chi connectivity index (χ1n) is 6.73. The van der Waals surface area contributed by atoms with Gasteiger partial charge in [0.1, 0.15) is 11.3 Å². The topological polar surface area (TPSA) is 88.4 Å². The summed E-state index contributed by atoms with van der Waals surface area (Å²) < 4.78 is 9.92. The van der Waals surface area contributed by atoms with Gasteiger partial charge < -0.3 is 19.7 Å². The van der Waals surface area contributed by atoms with Crippen molar-refractivity contribution in [3.63, 3.8) is 0 Å². The Hall–Kier alpha value is -2.76. The first kappa shape index (κ1) is 15.6. The third-order valence-electron chi connectivity index (χ3n) is 3.15. The second-order valence-electron chi connectivity index (χ2n) is 4.57. The predicted octanol–water partition coefficient (Wildman–Crippen LogP) is 2.59. The average molecular weight is 303 g/mol. The van der Waals surface area contributed by atoms with Crippen LogP contribution in [0.2, 0.25) is 0 Å². The number of rotatable bonds is 4. The zero-order chi connectivity index (χ0) is 16.3. The number of methoxy groups -OCH3 is 1. The first-order valence-corrected chi connectivity index (χ1v) is 6.73. The zero-order valence-corrected chi connectivity index (χ0v) is 12.6. The van der Waals surface area contributed by atoms with Gasteiger partial charge in [-0.25, -0.2) is 9.79 Å². The summed E-state index contributed by atoms with van der Waals surface area (Å²) in [5.41, 5.74) is 1.01. The summed E-state index contributed by atoms with van der Waals surface area (Å²) in [6.07, 6.45) is 1.48. The predicted molar refractivity (Wildman–Crippen MR) is 82.0 cm³/mol. The van der Waals surface area contributed by atoms with Crippen molar-refractivity contribution >= 4 is 17.8 Å². The minimum absolute atomic E-state index is 0.0375. The van der Waals surface area contributed by atoms with Crippen LogP contribution in [0.4, 0.5) is 0 Å². The molecule has 1 aromatic rings. The van der Waals surface area contributed by atoms with Crippen LogP contribution in [0.3, 0.4) is 0 Å². The highest BCUT2D eigenvalue weighted by atomic mass is 16.5. The number of para-hydroxylation sites is 1. The molecule has 0 spiro atoms. The number of phenols is 1. The highest BCUT2D eigenvalue weighted by Crippen LogP contribution is 2.33. The number of aromatic hydroxyl groups is 1. The van der Waals surface area contributed by atoms with E-state index >= 15 is 0 Å². The molecule has 0 fully saturated rings. The number of aliphatic hydroxyl groups is 1. The average Bonchev–Trinajstić information content (AvgIpc) is 2.76. The van der Waals surface area contributed by atoms with Crippen molar-refractivity contribution in [1.82, 2.24) is 0 Å². The monoisotopic (exact) mass is 303 g/mol. The molecule has 1 aromatic carbocycles. The van der Waals surface area contributed by atoms with Gasteiger partial charge in [0.05, 0.1) is 19.4 Å². The van der Waals surface area contributed by atoms with E-state index in [0.717, 1.165) is 0 Å². The number of aliphatic imine (C=N–C) groups is 1. The summed E-state index contributed by atoms with van der Waals surface area (Å²) in [5.74, 6) is -0.650. The van der Waals surface area contributed by atoms with Crippen molar-refractivity contribution in [3.8, 4) is 11.5 Å². The van der Waals surface area contributed by atoms with Gasteiger partial charge in [-0.15, -0.1) is 0 Å². The van der Waals surface area contributed by atoms with Crippen molar-refractivity contribution in [2.24, 2.45) is 4.99 Å². The molecule has 1 aliphatic rings. The summed E-state index contributed by atoms with van der Waals surface area (Å²) in [7, 11) is 1.44. The Labute approximate surface area is 128 Å². The van der Waals surface area contributed by atoms with Crippen LogP contribution < -0.4 is 4.74 Å². The smallest absolute Gasteiger partial charge is 0.343 e. The van der Waals surface area contributed by atoms with E-state index < -0.39 is 5.97 Å². The minimum Gasteiger partial charge on any atom is -0.505 e. The molecule has 0 amide bonds. The van der Waals surface area contributed by atoms with E-state index in [9.17, 15) is 15.0 Å². The molecular weight excluding hydrogens is 286 g/mol. The number of hydrogen-bond acceptors (Lipinski definition) is 6. The lowest BCUT2D eigenvalue weighted by atomic mass is 10.1. The van der Waals surface area contributed by atoms with Gasteiger partial charge in [-0.1, -0.05) is 12.1 Å². The number of esters is 1. The molecule has 22 heavy (non-hydrogen) atoms. The molecule has 0 aromatic heterocycles. The fraction of sp³-hybridized carbons (Fsp3) is 0.250. The normalized spacial score (nSPS) is 16.0. The number of hydrogen-bond donors (Lipinski definition) is 2. The molecule has 0 atom stereocenters. The standard InChI is InChI=1S/C16H17NO5/c1-4-22-16(20)13-9(2)17-11(15(13)19)8-10-6-5-7-12(21-3)14(10)18/h5-8,18-19H,4H2,1-3H3. The van der Waals surface area contributed by atoms with Gasteiger partial charge in [0.2, 0.25) is 0 Å². The first-order chi connectivity index (χ1) is 10.5. The molecule has 0 radical (unpaired) electrons. The number of carbonyl (C=O) groups is 1. The molecule has 2 N–H and O–H groups in total. The zero-order valence-electron chi connectivity index (χ0n) is 12.6. The Balaban J connectivity index is 2.44. The van der Waals surface area contributed by atoms with E-state index in [0.29, 0.717) is 17.0 Å². The van der Waals surface area contributed by atoms with Crippen molar-refractivity contribution in [2.75, 3.05) is 13.7 Å². The second-order valence-corrected chi connectivity index (χ2v) is 4.57. The van der Waals surface area contributed by atoms with Crippen LogP contribution >= 0.6 is 0 Å². The van der Waals surface area contributed by atoms with Crippen LogP contribution in [0.1, 0.15) is 19.4 Å². The third-order valence-corrected chi connectivity index (χ3v) is 3.15. The fourth-order valence-corrected chi connectivity index (χ4v) is 2.11. The van der Waals surface area contributed by atoms with Gasteiger partial charge in [-0.3, -0.25) is 0 Å². The summed E-state index contributed by atoms with van der Waals surface area (Å²) in [6.45, 7) is 3.50. The maximum absolute atomic E-state index is 11.8. The van der Waals surface area contributed by atoms with Gasteiger partial charge in [0, 0.05) is 5.56 Å². The number of carbonyl (C=O) groups excluding carboxylic acids is 1. The summed E-state index contributed by atoms with van der Waals surface area (Å²) in [4.78, 5) is 16.0. The van der Waals surface area contributed by atoms with Crippen molar-refractivity contribution in [3.05, 3.63) is 40.8 Å². The van der Waals surface area contributed by atoms with Gasteiger partial charge in [0.25, 0.3) is 0 Å². The Morgan fingerprint density at radius 1 is 1.36 bits per heavy atom. The molecule has 116 valence electrons. The molecule has 0 aliphatic carbocycles. The van der Waals surface area contributed by atoms with E-state index in [1.165, 1.54) is 13.2 Å². The molecule has 6 nitrogen and oxygen atoms in total. The molecule has 0 unspecified atom stereocenters. The van der Waals surface area contributed by atoms with Crippen LogP contribution in [0, 0.1) is 0 Å². The number of nitrogens with zero attached hydrogens (tertiary/aromatic N) is 1. The van der Waals surface area contributed by atoms with Crippen LogP contribution in [-0.4, -0.2) is 35.6 Å². The largest absolute Gasteiger partial charge is 0.505 e. The van der Waals surface area contributed by atoms with Gasteiger partial charge >= 0.3 is 5.97 Å². The molecule has 2 rings (SSSR count). The van der Waals surface area contributed by atoms with E-state index in [-0.39, 0.29) is 29.4 Å². The van der Waals surface area contributed by atoms with E-state index in [4.69, 9.17) is 9.47 Å². The molecule has 1 aliphatic heterocycles. The van der Waals surface area contributed by atoms with E-state index in [1.54, 1.807) is 32.0 Å². The SMILES string of the molecule is CCOC(=O)C1=C(O)C(=Cc2cccc(OC)c2O)N=C1C. The Bertz CT molecular complexity index is 700. The Kier molecular flexibility index (Phi) is 4.50. The second kappa shape index (κ2) is 6.34. The number of phenolic OH excluding ortho intramolecular Hbond substituents is 1. The Morgan fingerprint density at radius 2 is 2.09 bits per heavy atom. The molecule has 6 heteroatoms. The molecule has 1 heterocycles. The van der Waals surface area contributed by atoms with Gasteiger partial charge in [-0.05, 0) is 26.0 Å². The quantitative estimate of drug-likeness (QED) is 0.835. The molecule has 0 saturated carbocycles. The van der Waals surface area contributed by atoms with E-state index in [1.807, 2.05) is 0 Å². The maximum atomic E-state index is 11.8. The number of ether oxygens (including phenoxy) is 2. The summed E-state index contributed by atoms with van der Waals surface area (Å²) >= 11 is 0. The van der Waals surface area contributed by atoms with Crippen LogP contribution in [0.25, 0.3) is 6.08 Å². The van der Waals surface area contributed by atoms with Crippen molar-refractivity contribution < 1.29 is 24.5 Å². The maximum Gasteiger partial charge on any atom is 0.343 e. The lowest BCUT2D eigenvalue weighted by Crippen LogP contribution is -2.13. The minimum atomic E-state index is -0.625. The molecule has 0 bridgehead atoms. The lowest BCUT2D eigenvalue weighted by molar-refractivity contribution is -0.138. The summed E-state index contributed by atoms with van der Waals surface area (Å²) in [6, 6.07) is 4.95. The highest BCUT2D eigenvalue weighted by Gasteiger charge is 2.27. The van der Waals surface area contributed by atoms with E-state index in [2.05, 4.69) is 4.99 Å². The van der Waals surface area contributed by atoms with Crippen LogP contribution in [0.15, 0.2) is 40.2 Å². The number of aliphatic hydroxyl groups excluding tert-OH is 1. The molecule has 0 saturated heterocycles. The van der Waals surface area contributed by atoms with Crippen LogP contribution in [-0.2, 0) is 9.53 Å². The summed E-state index contributed by atoms with van der Waals surface area (Å²) in [5, 5.41) is 20.2. The third kappa shape index (κ3) is 2.81.